The molecule has 1 unspecified atom stereocenters. The van der Waals surface area contributed by atoms with Gasteiger partial charge in [-0.1, -0.05) is 0 Å². The van der Waals surface area contributed by atoms with Gasteiger partial charge in [0.15, 0.2) is 0 Å². The first kappa shape index (κ1) is 16.6. The highest BCUT2D eigenvalue weighted by atomic mass is 19.4. The van der Waals surface area contributed by atoms with Crippen LogP contribution in [0.2, 0.25) is 0 Å². The zero-order valence-corrected chi connectivity index (χ0v) is 12.8. The lowest BCUT2D eigenvalue weighted by molar-refractivity contribution is -0.137. The predicted octanol–water partition coefficient (Wildman–Crippen LogP) is 3.16. The zero-order chi connectivity index (χ0) is 17.3. The van der Waals surface area contributed by atoms with Crippen LogP contribution in [0.1, 0.15) is 24.4 Å². The van der Waals surface area contributed by atoms with Crippen LogP contribution in [-0.4, -0.2) is 22.8 Å². The van der Waals surface area contributed by atoms with Crippen LogP contribution < -0.4 is 10.9 Å². The molecule has 0 radical (unpaired) electrons. The second kappa shape index (κ2) is 6.32. The maximum atomic E-state index is 12.7. The van der Waals surface area contributed by atoms with Gasteiger partial charge in [-0.2, -0.15) is 13.2 Å². The van der Waals surface area contributed by atoms with E-state index in [1.54, 1.807) is 16.8 Å². The van der Waals surface area contributed by atoms with Gasteiger partial charge in [0.2, 0.25) is 0 Å². The van der Waals surface area contributed by atoms with Crippen LogP contribution in [0.3, 0.4) is 0 Å². The zero-order valence-electron chi connectivity index (χ0n) is 12.8. The van der Waals surface area contributed by atoms with E-state index >= 15 is 0 Å². The third-order valence-electron chi connectivity index (χ3n) is 4.25. The highest BCUT2D eigenvalue weighted by molar-refractivity contribution is 5.69. The molecule has 2 aromatic rings. The van der Waals surface area contributed by atoms with Crippen LogP contribution >= 0.6 is 0 Å². The van der Waals surface area contributed by atoms with Gasteiger partial charge in [-0.05, 0) is 49.7 Å². The number of rotatable bonds is 2. The van der Waals surface area contributed by atoms with E-state index in [-0.39, 0.29) is 22.7 Å². The first-order valence-electron chi connectivity index (χ1n) is 7.70. The fraction of sp³-hybridized carbons (Fsp3) is 0.353. The summed E-state index contributed by atoms with van der Waals surface area (Å²) in [4.78, 5) is 12.7. The summed E-state index contributed by atoms with van der Waals surface area (Å²) in [5.41, 5.74) is -0.974. The van der Waals surface area contributed by atoms with E-state index < -0.39 is 17.5 Å². The molecular weight excluding hydrogens is 321 g/mol. The molecule has 0 spiro atoms. The lowest BCUT2D eigenvalue weighted by Gasteiger charge is -2.25. The summed E-state index contributed by atoms with van der Waals surface area (Å²) in [7, 11) is 0. The Kier molecular flexibility index (Phi) is 4.36. The average Bonchev–Trinajstić information content (AvgIpc) is 2.55. The second-order valence-electron chi connectivity index (χ2n) is 5.86. The Balaban J connectivity index is 2.03. The van der Waals surface area contributed by atoms with E-state index in [1.807, 2.05) is 0 Å². The molecule has 1 aliphatic heterocycles. The van der Waals surface area contributed by atoms with E-state index in [2.05, 4.69) is 5.32 Å². The number of aromatic nitrogens is 1. The molecule has 1 aliphatic rings. The van der Waals surface area contributed by atoms with Crippen molar-refractivity contribution in [2.45, 2.75) is 25.1 Å². The van der Waals surface area contributed by atoms with Crippen molar-refractivity contribution in [1.82, 2.24) is 9.88 Å². The molecule has 2 heterocycles. The van der Waals surface area contributed by atoms with Crippen molar-refractivity contribution in [2.24, 2.45) is 0 Å². The Morgan fingerprint density at radius 1 is 1.21 bits per heavy atom. The molecule has 128 valence electrons. The normalized spacial score (nSPS) is 18.5. The number of piperidine rings is 1. The van der Waals surface area contributed by atoms with Gasteiger partial charge in [0.25, 0.3) is 5.56 Å². The van der Waals surface area contributed by atoms with Gasteiger partial charge >= 0.3 is 6.18 Å². The van der Waals surface area contributed by atoms with Gasteiger partial charge in [0, 0.05) is 24.3 Å². The smallest absolute Gasteiger partial charge is 0.416 e. The Bertz CT molecular complexity index is 793. The standard InChI is InChI=1S/C17H17F3N2O2/c18-17(19,20)11-5-6-13(15(23)9-11)14-4-2-8-22(16(14)24)12-3-1-7-21-10-12/h2,4-6,8-9,12,21,23H,1,3,7,10H2. The van der Waals surface area contributed by atoms with Gasteiger partial charge in [0.1, 0.15) is 5.75 Å². The molecule has 24 heavy (non-hydrogen) atoms. The summed E-state index contributed by atoms with van der Waals surface area (Å²) in [6.07, 6.45) is -1.06. The number of alkyl halides is 3. The van der Waals surface area contributed by atoms with Crippen molar-refractivity contribution in [3.63, 3.8) is 0 Å². The van der Waals surface area contributed by atoms with Crippen molar-refractivity contribution in [1.29, 1.82) is 0 Å². The molecule has 4 nitrogen and oxygen atoms in total. The molecule has 0 amide bonds. The lowest BCUT2D eigenvalue weighted by Crippen LogP contribution is -2.36. The summed E-state index contributed by atoms with van der Waals surface area (Å²) in [6.45, 7) is 1.58. The third kappa shape index (κ3) is 3.17. The number of phenolic OH excluding ortho intramolecular Hbond substituents is 1. The van der Waals surface area contributed by atoms with Crippen LogP contribution in [0.5, 0.6) is 5.75 Å². The largest absolute Gasteiger partial charge is 0.507 e. The maximum Gasteiger partial charge on any atom is 0.416 e. The third-order valence-corrected chi connectivity index (χ3v) is 4.25. The molecule has 1 fully saturated rings. The average molecular weight is 338 g/mol. The number of aromatic hydroxyl groups is 1. The van der Waals surface area contributed by atoms with E-state index in [9.17, 15) is 23.1 Å². The number of halogens is 3. The van der Waals surface area contributed by atoms with E-state index in [0.717, 1.165) is 31.5 Å². The van der Waals surface area contributed by atoms with Crippen LogP contribution in [0.15, 0.2) is 41.3 Å². The molecule has 0 bridgehead atoms. The predicted molar refractivity (Wildman–Crippen MR) is 83.9 cm³/mol. The fourth-order valence-corrected chi connectivity index (χ4v) is 3.01. The topological polar surface area (TPSA) is 54.3 Å². The number of nitrogens with zero attached hydrogens (tertiary/aromatic N) is 1. The molecule has 0 saturated carbocycles. The molecule has 3 rings (SSSR count). The van der Waals surface area contributed by atoms with Gasteiger partial charge in [-0.25, -0.2) is 0 Å². The minimum absolute atomic E-state index is 0.00258. The summed E-state index contributed by atoms with van der Waals surface area (Å²) in [5.74, 6) is -0.554. The minimum Gasteiger partial charge on any atom is -0.507 e. The number of hydrogen-bond donors (Lipinski definition) is 2. The Labute approximate surface area is 136 Å². The van der Waals surface area contributed by atoms with E-state index in [4.69, 9.17) is 0 Å². The molecule has 1 atom stereocenters. The number of hydrogen-bond acceptors (Lipinski definition) is 3. The molecule has 1 aromatic heterocycles. The SMILES string of the molecule is O=c1c(-c2ccc(C(F)(F)F)cc2O)cccn1C1CCCNC1. The number of phenols is 1. The van der Waals surface area contributed by atoms with Gasteiger partial charge < -0.3 is 15.0 Å². The summed E-state index contributed by atoms with van der Waals surface area (Å²) < 4.78 is 39.7. The van der Waals surface area contributed by atoms with Crippen molar-refractivity contribution < 1.29 is 18.3 Å². The number of benzene rings is 1. The Morgan fingerprint density at radius 3 is 2.62 bits per heavy atom. The molecule has 0 aliphatic carbocycles. The first-order chi connectivity index (χ1) is 11.4. The van der Waals surface area contributed by atoms with E-state index in [0.29, 0.717) is 12.6 Å². The molecule has 7 heteroatoms. The maximum absolute atomic E-state index is 12.7. The lowest BCUT2D eigenvalue weighted by atomic mass is 10.0. The van der Waals surface area contributed by atoms with Crippen LogP contribution in [0.4, 0.5) is 13.2 Å². The van der Waals surface area contributed by atoms with Gasteiger partial charge in [-0.15, -0.1) is 0 Å². The monoisotopic (exact) mass is 338 g/mol. The van der Waals surface area contributed by atoms with Gasteiger partial charge in [-0.3, -0.25) is 4.79 Å². The van der Waals surface area contributed by atoms with Crippen molar-refractivity contribution in [3.05, 3.63) is 52.4 Å². The quantitative estimate of drug-likeness (QED) is 0.884. The fourth-order valence-electron chi connectivity index (χ4n) is 3.01. The van der Waals surface area contributed by atoms with Crippen molar-refractivity contribution >= 4 is 0 Å². The summed E-state index contributed by atoms with van der Waals surface area (Å²) in [5, 5.41) is 13.2. The Hall–Kier alpha value is -2.28. The number of nitrogens with one attached hydrogen (secondary N) is 1. The van der Waals surface area contributed by atoms with Crippen LogP contribution in [0, 0.1) is 0 Å². The highest BCUT2D eigenvalue weighted by Crippen LogP contribution is 2.35. The van der Waals surface area contributed by atoms with Gasteiger partial charge in [0.05, 0.1) is 11.1 Å². The van der Waals surface area contributed by atoms with Crippen LogP contribution in [0.25, 0.3) is 11.1 Å². The first-order valence-corrected chi connectivity index (χ1v) is 7.70. The van der Waals surface area contributed by atoms with Crippen LogP contribution in [-0.2, 0) is 6.18 Å². The van der Waals surface area contributed by atoms with Crippen molar-refractivity contribution in [2.75, 3.05) is 13.1 Å². The minimum atomic E-state index is -4.54. The highest BCUT2D eigenvalue weighted by Gasteiger charge is 2.31. The van der Waals surface area contributed by atoms with Crippen molar-refractivity contribution in [3.8, 4) is 16.9 Å². The molecule has 1 saturated heterocycles. The molecule has 2 N–H and O–H groups in total. The summed E-state index contributed by atoms with van der Waals surface area (Å²) in [6, 6.07) is 5.84. The molecular formula is C17H17F3N2O2. The molecule has 1 aromatic carbocycles. The van der Waals surface area contributed by atoms with E-state index in [1.165, 1.54) is 6.07 Å². The Morgan fingerprint density at radius 2 is 2.00 bits per heavy atom. The summed E-state index contributed by atoms with van der Waals surface area (Å²) >= 11 is 0. The second-order valence-corrected chi connectivity index (χ2v) is 5.86. The number of pyridine rings is 1.